The molecule has 3 aromatic carbocycles. The fraction of sp³-hybridized carbons (Fsp3) is 0.0909. The smallest absolute Gasteiger partial charge is 0.271 e. The molecule has 3 rings (SSSR count). The van der Waals surface area contributed by atoms with Gasteiger partial charge in [0.15, 0.2) is 0 Å². The summed E-state index contributed by atoms with van der Waals surface area (Å²) in [6.07, 6.45) is 1.60. The lowest BCUT2D eigenvalue weighted by Crippen LogP contribution is -2.17. The average molecular weight is 470 g/mol. The van der Waals surface area contributed by atoms with Crippen molar-refractivity contribution in [2.24, 2.45) is 5.10 Å². The van der Waals surface area contributed by atoms with Crippen LogP contribution in [0.3, 0.4) is 0 Å². The Hall–Kier alpha value is -2.67. The van der Waals surface area contributed by atoms with Gasteiger partial charge in [-0.25, -0.2) is 5.43 Å². The molecular weight excluding hydrogens is 451 g/mol. The van der Waals surface area contributed by atoms with Crippen LogP contribution in [-0.2, 0) is 6.61 Å². The summed E-state index contributed by atoms with van der Waals surface area (Å²) >= 11 is 2.17. The highest BCUT2D eigenvalue weighted by Crippen LogP contribution is 2.15. The molecule has 5 heteroatoms. The van der Waals surface area contributed by atoms with Gasteiger partial charge < -0.3 is 4.74 Å². The van der Waals surface area contributed by atoms with E-state index in [0.717, 1.165) is 20.4 Å². The Labute approximate surface area is 172 Å². The maximum Gasteiger partial charge on any atom is 0.271 e. The molecule has 0 bridgehead atoms. The van der Waals surface area contributed by atoms with Crippen molar-refractivity contribution in [2.75, 3.05) is 0 Å². The highest BCUT2D eigenvalue weighted by atomic mass is 127. The molecule has 3 aromatic rings. The fourth-order valence-electron chi connectivity index (χ4n) is 2.40. The number of aryl methyl sites for hydroxylation is 1. The number of rotatable bonds is 6. The molecule has 0 saturated carbocycles. The maximum absolute atomic E-state index is 12.1. The SMILES string of the molecule is Cc1ccc(COc2cccc(/C=N\NC(=O)c3cccc(I)c3)c2)cc1. The maximum atomic E-state index is 12.1. The second-order valence-electron chi connectivity index (χ2n) is 6.06. The Morgan fingerprint density at radius 1 is 1.07 bits per heavy atom. The van der Waals surface area contributed by atoms with Crippen molar-refractivity contribution in [3.8, 4) is 5.75 Å². The number of amides is 1. The van der Waals surface area contributed by atoms with E-state index in [0.29, 0.717) is 12.2 Å². The zero-order valence-corrected chi connectivity index (χ0v) is 17.0. The number of nitrogens with zero attached hydrogens (tertiary/aromatic N) is 1. The predicted octanol–water partition coefficient (Wildman–Crippen LogP) is 4.94. The number of halogens is 1. The van der Waals surface area contributed by atoms with Gasteiger partial charge in [-0.1, -0.05) is 48.0 Å². The molecule has 0 aromatic heterocycles. The average Bonchev–Trinajstić information content (AvgIpc) is 2.68. The summed E-state index contributed by atoms with van der Waals surface area (Å²) < 4.78 is 6.84. The molecule has 0 saturated heterocycles. The van der Waals surface area contributed by atoms with Crippen LogP contribution in [0.1, 0.15) is 27.0 Å². The van der Waals surface area contributed by atoms with Crippen LogP contribution in [-0.4, -0.2) is 12.1 Å². The van der Waals surface area contributed by atoms with Gasteiger partial charge in [0.2, 0.25) is 0 Å². The normalized spacial score (nSPS) is 10.7. The number of hydrazone groups is 1. The number of benzene rings is 3. The minimum atomic E-state index is -0.239. The quantitative estimate of drug-likeness (QED) is 0.315. The number of hydrogen-bond acceptors (Lipinski definition) is 3. The third-order valence-corrected chi connectivity index (χ3v) is 4.52. The molecule has 0 spiro atoms. The van der Waals surface area contributed by atoms with Crippen LogP contribution in [0.5, 0.6) is 5.75 Å². The summed E-state index contributed by atoms with van der Waals surface area (Å²) in [5, 5.41) is 4.03. The Morgan fingerprint density at radius 2 is 1.85 bits per heavy atom. The molecule has 4 nitrogen and oxygen atoms in total. The van der Waals surface area contributed by atoms with Crippen LogP contribution in [0.4, 0.5) is 0 Å². The summed E-state index contributed by atoms with van der Waals surface area (Å²) in [4.78, 5) is 12.1. The van der Waals surface area contributed by atoms with E-state index in [1.54, 1.807) is 12.3 Å². The molecular formula is C22H19IN2O2. The van der Waals surface area contributed by atoms with Gasteiger partial charge in [0.05, 0.1) is 6.21 Å². The van der Waals surface area contributed by atoms with Gasteiger partial charge >= 0.3 is 0 Å². The molecule has 0 aliphatic rings. The number of ether oxygens (including phenoxy) is 1. The Kier molecular flexibility index (Phi) is 6.59. The molecule has 1 N–H and O–H groups in total. The second-order valence-corrected chi connectivity index (χ2v) is 7.30. The van der Waals surface area contributed by atoms with Gasteiger partial charge in [-0.15, -0.1) is 0 Å². The van der Waals surface area contributed by atoms with Crippen molar-refractivity contribution in [2.45, 2.75) is 13.5 Å². The predicted molar refractivity (Wildman–Crippen MR) is 116 cm³/mol. The van der Waals surface area contributed by atoms with Crippen LogP contribution >= 0.6 is 22.6 Å². The van der Waals surface area contributed by atoms with Gasteiger partial charge in [0.1, 0.15) is 12.4 Å². The van der Waals surface area contributed by atoms with Crippen molar-refractivity contribution >= 4 is 34.7 Å². The first-order valence-corrected chi connectivity index (χ1v) is 9.55. The third-order valence-electron chi connectivity index (χ3n) is 3.85. The molecule has 0 fully saturated rings. The Morgan fingerprint density at radius 3 is 2.63 bits per heavy atom. The summed E-state index contributed by atoms with van der Waals surface area (Å²) in [5.74, 6) is 0.514. The van der Waals surface area contributed by atoms with E-state index in [1.807, 2.05) is 42.5 Å². The first-order valence-electron chi connectivity index (χ1n) is 8.47. The van der Waals surface area contributed by atoms with Crippen LogP contribution < -0.4 is 10.2 Å². The monoisotopic (exact) mass is 470 g/mol. The van der Waals surface area contributed by atoms with Crippen molar-refractivity contribution in [1.82, 2.24) is 5.43 Å². The minimum absolute atomic E-state index is 0.239. The topological polar surface area (TPSA) is 50.7 Å². The van der Waals surface area contributed by atoms with Crippen molar-refractivity contribution < 1.29 is 9.53 Å². The lowest BCUT2D eigenvalue weighted by atomic mass is 10.2. The highest BCUT2D eigenvalue weighted by molar-refractivity contribution is 14.1. The summed E-state index contributed by atoms with van der Waals surface area (Å²) in [6.45, 7) is 2.56. The molecule has 0 radical (unpaired) electrons. The summed E-state index contributed by atoms with van der Waals surface area (Å²) in [5.41, 5.74) is 6.31. The second kappa shape index (κ2) is 9.32. The molecule has 0 heterocycles. The molecule has 1 amide bonds. The van der Waals surface area contributed by atoms with E-state index in [2.05, 4.69) is 64.3 Å². The van der Waals surface area contributed by atoms with Gasteiger partial charge in [-0.3, -0.25) is 4.79 Å². The van der Waals surface area contributed by atoms with E-state index in [9.17, 15) is 4.79 Å². The molecule has 0 aliphatic heterocycles. The molecule has 0 unspecified atom stereocenters. The van der Waals surface area contributed by atoms with Gasteiger partial charge in [-0.05, 0) is 71.0 Å². The van der Waals surface area contributed by atoms with E-state index in [-0.39, 0.29) is 5.91 Å². The fourth-order valence-corrected chi connectivity index (χ4v) is 2.94. The van der Waals surface area contributed by atoms with Crippen molar-refractivity contribution in [3.05, 3.63) is 98.6 Å². The first kappa shape index (κ1) is 19.1. The third kappa shape index (κ3) is 5.92. The van der Waals surface area contributed by atoms with Crippen LogP contribution in [0.25, 0.3) is 0 Å². The summed E-state index contributed by atoms with van der Waals surface area (Å²) in [6, 6.07) is 23.2. The zero-order valence-electron chi connectivity index (χ0n) is 14.9. The highest BCUT2D eigenvalue weighted by Gasteiger charge is 2.04. The van der Waals surface area contributed by atoms with E-state index in [4.69, 9.17) is 4.74 Å². The van der Waals surface area contributed by atoms with Gasteiger partial charge in [-0.2, -0.15) is 5.10 Å². The van der Waals surface area contributed by atoms with Gasteiger partial charge in [0, 0.05) is 9.13 Å². The molecule has 27 heavy (non-hydrogen) atoms. The van der Waals surface area contributed by atoms with Gasteiger partial charge in [0.25, 0.3) is 5.91 Å². The Bertz CT molecular complexity index is 953. The number of carbonyl (C=O) groups is 1. The number of hydrogen-bond donors (Lipinski definition) is 1. The van der Waals surface area contributed by atoms with Crippen molar-refractivity contribution in [1.29, 1.82) is 0 Å². The number of nitrogens with one attached hydrogen (secondary N) is 1. The Balaban J connectivity index is 1.57. The lowest BCUT2D eigenvalue weighted by molar-refractivity contribution is 0.0955. The largest absolute Gasteiger partial charge is 0.489 e. The number of carbonyl (C=O) groups excluding carboxylic acids is 1. The molecule has 0 aliphatic carbocycles. The summed E-state index contributed by atoms with van der Waals surface area (Å²) in [7, 11) is 0. The lowest BCUT2D eigenvalue weighted by Gasteiger charge is -2.07. The van der Waals surface area contributed by atoms with E-state index < -0.39 is 0 Å². The minimum Gasteiger partial charge on any atom is -0.489 e. The zero-order chi connectivity index (χ0) is 19.1. The van der Waals surface area contributed by atoms with Crippen LogP contribution in [0.2, 0.25) is 0 Å². The molecule has 136 valence electrons. The molecule has 0 atom stereocenters. The van der Waals surface area contributed by atoms with E-state index in [1.165, 1.54) is 5.56 Å². The first-order chi connectivity index (χ1) is 13.1. The standard InChI is InChI=1S/C22H19IN2O2/c1-16-8-10-17(11-9-16)15-27-21-7-2-4-18(12-21)14-24-25-22(26)19-5-3-6-20(23)13-19/h2-14H,15H2,1H3,(H,25,26)/b24-14-. The van der Waals surface area contributed by atoms with Crippen molar-refractivity contribution in [3.63, 3.8) is 0 Å². The van der Waals surface area contributed by atoms with Crippen LogP contribution in [0.15, 0.2) is 77.9 Å². The van der Waals surface area contributed by atoms with E-state index >= 15 is 0 Å². The van der Waals surface area contributed by atoms with Crippen LogP contribution in [0, 0.1) is 10.5 Å².